The third kappa shape index (κ3) is 4.38. The quantitative estimate of drug-likeness (QED) is 0.368. The summed E-state index contributed by atoms with van der Waals surface area (Å²) in [6.07, 6.45) is 3.19. The molecule has 0 bridgehead atoms. The van der Waals surface area contributed by atoms with Gasteiger partial charge < -0.3 is 4.74 Å². The molecule has 1 aliphatic carbocycles. The minimum atomic E-state index is -3.89. The number of hydrogen-bond donors (Lipinski definition) is 0. The maximum Gasteiger partial charge on any atom is 0.305 e. The number of carbonyl (C=O) groups is 1. The van der Waals surface area contributed by atoms with Crippen LogP contribution in [-0.4, -0.2) is 25.5 Å². The Labute approximate surface area is 207 Å². The van der Waals surface area contributed by atoms with E-state index >= 15 is 0 Å². The molecule has 0 saturated carbocycles. The number of halogens is 1. The average Bonchev–Trinajstić information content (AvgIpc) is 3.14. The zero-order chi connectivity index (χ0) is 24.9. The van der Waals surface area contributed by atoms with Crippen molar-refractivity contribution in [2.45, 2.75) is 75.5 Å². The summed E-state index contributed by atoms with van der Waals surface area (Å²) >= 11 is 6.19. The molecule has 0 unspecified atom stereocenters. The third-order valence-corrected chi connectivity index (χ3v) is 9.19. The number of carbonyl (C=O) groups excluding carboxylic acids is 1. The molecule has 1 heterocycles. The van der Waals surface area contributed by atoms with Gasteiger partial charge in [0.05, 0.1) is 17.5 Å². The van der Waals surface area contributed by atoms with Crippen LogP contribution in [0.3, 0.4) is 0 Å². The van der Waals surface area contributed by atoms with Crippen LogP contribution in [0.4, 0.5) is 0 Å². The van der Waals surface area contributed by atoms with Gasteiger partial charge in [0.15, 0.2) is 0 Å². The lowest BCUT2D eigenvalue weighted by molar-refractivity contribution is -0.140. The lowest BCUT2D eigenvalue weighted by Crippen LogP contribution is -2.34. The van der Waals surface area contributed by atoms with Crippen LogP contribution in [0, 0.1) is 0 Å². The highest BCUT2D eigenvalue weighted by Crippen LogP contribution is 2.46. The van der Waals surface area contributed by atoms with Crippen molar-refractivity contribution in [3.8, 4) is 0 Å². The summed E-state index contributed by atoms with van der Waals surface area (Å²) in [4.78, 5) is 11.9. The number of benzene rings is 2. The van der Waals surface area contributed by atoms with Gasteiger partial charge in [-0.25, -0.2) is 12.4 Å². The van der Waals surface area contributed by atoms with Gasteiger partial charge in [0, 0.05) is 22.5 Å². The molecule has 5 nitrogen and oxygen atoms in total. The molecular weight excluding hydrogens is 470 g/mol. The number of aryl methyl sites for hydroxylation is 1. The van der Waals surface area contributed by atoms with Crippen LogP contribution in [-0.2, 0) is 36.8 Å². The van der Waals surface area contributed by atoms with E-state index in [0.717, 1.165) is 23.8 Å². The summed E-state index contributed by atoms with van der Waals surface area (Å²) in [5, 5.41) is 1.30. The molecule has 0 aliphatic heterocycles. The van der Waals surface area contributed by atoms with E-state index in [-0.39, 0.29) is 28.1 Å². The van der Waals surface area contributed by atoms with Gasteiger partial charge >= 0.3 is 5.97 Å². The molecule has 3 aromatic rings. The monoisotopic (exact) mass is 501 g/mol. The van der Waals surface area contributed by atoms with Crippen molar-refractivity contribution in [1.29, 1.82) is 0 Å². The topological polar surface area (TPSA) is 65.4 Å². The number of nitrogens with zero attached hydrogens (tertiary/aromatic N) is 1. The number of ether oxygens (including phenoxy) is 1. The first kappa shape index (κ1) is 24.8. The molecule has 2 aromatic carbocycles. The van der Waals surface area contributed by atoms with Crippen molar-refractivity contribution < 1.29 is 17.9 Å². The second kappa shape index (κ2) is 8.72. The Morgan fingerprint density at radius 2 is 1.68 bits per heavy atom. The van der Waals surface area contributed by atoms with Crippen molar-refractivity contribution in [3.05, 3.63) is 64.3 Å². The fourth-order valence-corrected chi connectivity index (χ4v) is 6.80. The molecule has 1 aliphatic rings. The van der Waals surface area contributed by atoms with E-state index in [9.17, 15) is 13.2 Å². The van der Waals surface area contributed by atoms with Gasteiger partial charge in [0.2, 0.25) is 0 Å². The minimum Gasteiger partial charge on any atom is -0.469 e. The molecule has 0 spiro atoms. The van der Waals surface area contributed by atoms with Crippen molar-refractivity contribution in [3.63, 3.8) is 0 Å². The number of aromatic nitrogens is 1. The van der Waals surface area contributed by atoms with Gasteiger partial charge in [-0.2, -0.15) is 0 Å². The van der Waals surface area contributed by atoms with Crippen LogP contribution in [0.25, 0.3) is 10.9 Å². The van der Waals surface area contributed by atoms with E-state index in [1.165, 1.54) is 16.6 Å². The Morgan fingerprint density at radius 1 is 1.00 bits per heavy atom. The summed E-state index contributed by atoms with van der Waals surface area (Å²) < 4.78 is 34.3. The molecule has 0 N–H and O–H groups in total. The van der Waals surface area contributed by atoms with E-state index in [0.29, 0.717) is 29.1 Å². The lowest BCUT2D eigenvalue weighted by atomic mass is 9.63. The second-order valence-corrected chi connectivity index (χ2v) is 12.7. The van der Waals surface area contributed by atoms with E-state index in [4.69, 9.17) is 16.3 Å². The average molecular weight is 502 g/mol. The molecule has 182 valence electrons. The van der Waals surface area contributed by atoms with E-state index < -0.39 is 10.0 Å². The first-order valence-corrected chi connectivity index (χ1v) is 13.5. The second-order valence-electron chi connectivity index (χ2n) is 10.5. The highest BCUT2D eigenvalue weighted by atomic mass is 35.5. The maximum absolute atomic E-state index is 14.1. The smallest absolute Gasteiger partial charge is 0.305 e. The van der Waals surface area contributed by atoms with Gasteiger partial charge in [-0.05, 0) is 84.0 Å². The van der Waals surface area contributed by atoms with Crippen molar-refractivity contribution >= 4 is 38.5 Å². The first-order chi connectivity index (χ1) is 15.9. The Morgan fingerprint density at radius 3 is 2.35 bits per heavy atom. The Hall–Kier alpha value is -2.31. The zero-order valence-corrected chi connectivity index (χ0v) is 22.0. The molecule has 0 saturated heterocycles. The molecule has 0 atom stereocenters. The summed E-state index contributed by atoms with van der Waals surface area (Å²) in [5.41, 5.74) is 3.41. The van der Waals surface area contributed by atoms with Gasteiger partial charge in [0.1, 0.15) is 0 Å². The van der Waals surface area contributed by atoms with Crippen LogP contribution < -0.4 is 0 Å². The molecule has 4 rings (SSSR count). The maximum atomic E-state index is 14.1. The predicted molar refractivity (Wildman–Crippen MR) is 136 cm³/mol. The summed E-state index contributed by atoms with van der Waals surface area (Å²) in [6, 6.07) is 12.6. The molecule has 1 aromatic heterocycles. The number of fused-ring (bicyclic) bond motifs is 2. The van der Waals surface area contributed by atoms with Gasteiger partial charge in [0.25, 0.3) is 10.0 Å². The van der Waals surface area contributed by atoms with E-state index in [2.05, 4.69) is 27.7 Å². The van der Waals surface area contributed by atoms with E-state index in [1.54, 1.807) is 24.3 Å². The first-order valence-electron chi connectivity index (χ1n) is 11.6. The van der Waals surface area contributed by atoms with Crippen molar-refractivity contribution in [2.75, 3.05) is 7.11 Å². The normalized spacial score (nSPS) is 16.9. The Balaban J connectivity index is 1.85. The number of rotatable bonds is 6. The van der Waals surface area contributed by atoms with Crippen LogP contribution in [0.2, 0.25) is 5.02 Å². The molecule has 0 amide bonds. The summed E-state index contributed by atoms with van der Waals surface area (Å²) in [7, 11) is -2.53. The van der Waals surface area contributed by atoms with Gasteiger partial charge in [-0.1, -0.05) is 45.4 Å². The number of hydrogen-bond acceptors (Lipinski definition) is 4. The van der Waals surface area contributed by atoms with Crippen molar-refractivity contribution in [2.24, 2.45) is 0 Å². The van der Waals surface area contributed by atoms with Crippen LogP contribution in [0.5, 0.6) is 0 Å². The lowest BCUT2D eigenvalue weighted by Gasteiger charge is -2.42. The standard InChI is InChI=1S/C27H32ClNO4S/c1-26(2)13-14-27(3,4)23-17-21(10-11-22(23)26)34(31,32)29-20(7-6-8-25(30)33-5)16-18-15-19(28)9-12-24(18)29/h9-12,15-17H,6-8,13-14H2,1-5H3. The van der Waals surface area contributed by atoms with Gasteiger partial charge in [-0.15, -0.1) is 0 Å². The van der Waals surface area contributed by atoms with Crippen LogP contribution >= 0.6 is 11.6 Å². The third-order valence-electron chi connectivity index (χ3n) is 7.20. The zero-order valence-electron chi connectivity index (χ0n) is 20.4. The molecular formula is C27H32ClNO4S. The van der Waals surface area contributed by atoms with Crippen molar-refractivity contribution in [1.82, 2.24) is 3.97 Å². The highest BCUT2D eigenvalue weighted by molar-refractivity contribution is 7.90. The van der Waals surface area contributed by atoms with Gasteiger partial charge in [-0.3, -0.25) is 4.79 Å². The fraction of sp³-hybridized carbons (Fsp3) is 0.444. The molecule has 34 heavy (non-hydrogen) atoms. The minimum absolute atomic E-state index is 0.00306. The predicted octanol–water partition coefficient (Wildman–Crippen LogP) is 6.38. The largest absolute Gasteiger partial charge is 0.469 e. The molecule has 7 heteroatoms. The summed E-state index contributed by atoms with van der Waals surface area (Å²) in [5.74, 6) is -0.312. The SMILES string of the molecule is COC(=O)CCCc1cc2cc(Cl)ccc2n1S(=O)(=O)c1ccc2c(c1)C(C)(C)CCC2(C)C. The van der Waals surface area contributed by atoms with E-state index in [1.807, 2.05) is 18.2 Å². The Bertz CT molecular complexity index is 1370. The van der Waals surface area contributed by atoms with Crippen LogP contribution in [0.15, 0.2) is 47.4 Å². The molecule has 0 radical (unpaired) electrons. The molecule has 0 fully saturated rings. The number of methoxy groups -OCH3 is 1. The fourth-order valence-electron chi connectivity index (χ4n) is 5.03. The summed E-state index contributed by atoms with van der Waals surface area (Å²) in [6.45, 7) is 8.81. The highest BCUT2D eigenvalue weighted by Gasteiger charge is 2.38. The Kier molecular flexibility index (Phi) is 6.36. The van der Waals surface area contributed by atoms with Crippen LogP contribution in [0.1, 0.15) is 70.2 Å². The number of esters is 1.